The normalized spacial score (nSPS) is 15.5. The number of aryl methyl sites for hydroxylation is 1. The Balaban J connectivity index is 1.16. The third kappa shape index (κ3) is 5.97. The Morgan fingerprint density at radius 1 is 1.00 bits per heavy atom. The lowest BCUT2D eigenvalue weighted by Gasteiger charge is -2.60. The van der Waals surface area contributed by atoms with Crippen molar-refractivity contribution in [1.82, 2.24) is 14.9 Å². The van der Waals surface area contributed by atoms with Crippen molar-refractivity contribution >= 4 is 23.4 Å². The van der Waals surface area contributed by atoms with Crippen LogP contribution in [0.5, 0.6) is 17.2 Å². The van der Waals surface area contributed by atoms with Crippen molar-refractivity contribution in [3.8, 4) is 17.2 Å². The van der Waals surface area contributed by atoms with Crippen LogP contribution >= 0.6 is 0 Å². The first kappa shape index (κ1) is 29.2. The topological polar surface area (TPSA) is 98.3 Å². The van der Waals surface area contributed by atoms with Gasteiger partial charge in [0.25, 0.3) is 0 Å². The number of methoxy groups -OCH3 is 2. The summed E-state index contributed by atoms with van der Waals surface area (Å²) in [7, 11) is 2.94. The highest BCUT2D eigenvalue weighted by molar-refractivity contribution is 5.71. The number of hydrogen-bond acceptors (Lipinski definition) is 9. The molecule has 10 nitrogen and oxygen atoms in total. The molecule has 3 heterocycles. The van der Waals surface area contributed by atoms with Gasteiger partial charge in [-0.15, -0.1) is 0 Å². The molecule has 12 heteroatoms. The summed E-state index contributed by atoms with van der Waals surface area (Å²) >= 11 is 0. The molecule has 0 bridgehead atoms. The van der Waals surface area contributed by atoms with Crippen LogP contribution in [0, 0.1) is 24.0 Å². The zero-order chi connectivity index (χ0) is 30.2. The molecular formula is C30H35F2N5O5. The van der Waals surface area contributed by atoms with Gasteiger partial charge in [-0.1, -0.05) is 0 Å². The number of nitrogens with one attached hydrogen (secondary N) is 1. The van der Waals surface area contributed by atoms with Gasteiger partial charge in [0.05, 0.1) is 37.9 Å². The highest BCUT2D eigenvalue weighted by atomic mass is 19.1. The summed E-state index contributed by atoms with van der Waals surface area (Å²) in [5, 5.41) is 3.13. The first-order chi connectivity index (χ1) is 19.9. The van der Waals surface area contributed by atoms with E-state index in [1.807, 2.05) is 39.0 Å². The van der Waals surface area contributed by atoms with E-state index in [1.165, 1.54) is 32.5 Å². The molecule has 1 N–H and O–H groups in total. The van der Waals surface area contributed by atoms with Gasteiger partial charge < -0.3 is 34.1 Å². The molecule has 3 aromatic rings. The molecule has 42 heavy (non-hydrogen) atoms. The number of ether oxygens (including phenoxy) is 4. The largest absolute Gasteiger partial charge is 0.495 e. The Hall–Kier alpha value is -4.35. The van der Waals surface area contributed by atoms with Crippen molar-refractivity contribution in [1.29, 1.82) is 0 Å². The molecule has 0 atom stereocenters. The molecule has 2 aromatic carbocycles. The number of anilines is 3. The van der Waals surface area contributed by atoms with E-state index in [-0.39, 0.29) is 40.7 Å². The second-order valence-electron chi connectivity index (χ2n) is 11.7. The van der Waals surface area contributed by atoms with Crippen LogP contribution in [0.4, 0.5) is 30.9 Å². The van der Waals surface area contributed by atoms with E-state index >= 15 is 0 Å². The van der Waals surface area contributed by atoms with Gasteiger partial charge >= 0.3 is 6.09 Å². The fourth-order valence-electron chi connectivity index (χ4n) is 5.19. The van der Waals surface area contributed by atoms with Gasteiger partial charge in [0, 0.05) is 43.3 Å². The van der Waals surface area contributed by atoms with Crippen LogP contribution in [0.15, 0.2) is 36.7 Å². The number of benzene rings is 2. The highest BCUT2D eigenvalue weighted by Crippen LogP contribution is 2.45. The minimum atomic E-state index is -0.805. The van der Waals surface area contributed by atoms with E-state index in [9.17, 15) is 13.6 Å². The van der Waals surface area contributed by atoms with Gasteiger partial charge in [-0.2, -0.15) is 0 Å². The Morgan fingerprint density at radius 3 is 2.29 bits per heavy atom. The fourth-order valence-corrected chi connectivity index (χ4v) is 5.19. The van der Waals surface area contributed by atoms with E-state index in [2.05, 4.69) is 20.2 Å². The minimum Gasteiger partial charge on any atom is -0.495 e. The van der Waals surface area contributed by atoms with Crippen LogP contribution in [0.2, 0.25) is 0 Å². The summed E-state index contributed by atoms with van der Waals surface area (Å²) in [4.78, 5) is 24.8. The maximum absolute atomic E-state index is 14.5. The number of carbonyl (C=O) groups is 1. The van der Waals surface area contributed by atoms with Gasteiger partial charge in [0.15, 0.2) is 17.3 Å². The molecule has 1 amide bonds. The van der Waals surface area contributed by atoms with Crippen LogP contribution in [-0.2, 0) is 11.3 Å². The van der Waals surface area contributed by atoms with Crippen LogP contribution in [0.3, 0.4) is 0 Å². The molecule has 0 radical (unpaired) electrons. The Bertz CT molecular complexity index is 1460. The number of nitrogens with zero attached hydrogens (tertiary/aromatic N) is 4. The maximum atomic E-state index is 14.5. The number of hydrogen-bond donors (Lipinski definition) is 1. The minimum absolute atomic E-state index is 0.0498. The number of halogens is 2. The molecule has 0 saturated carbocycles. The second kappa shape index (κ2) is 11.1. The zero-order valence-corrected chi connectivity index (χ0v) is 24.6. The maximum Gasteiger partial charge on any atom is 0.410 e. The fraction of sp³-hybridized carbons (Fsp3) is 0.433. The molecule has 1 aromatic heterocycles. The van der Waals surface area contributed by atoms with Gasteiger partial charge in [0.2, 0.25) is 5.95 Å². The monoisotopic (exact) mass is 583 g/mol. The standard InChI is InChI=1S/C30H35F2N5O5/c1-18-9-24(40-6)26(32)21(25(18)31)13-41-20-11-33-27(34-12-20)35-19-7-8-22(23(10-19)39-5)36-14-30(15-36)16-37(17-30)28(38)42-29(2,3)4/h7-12H,13-17H2,1-6H3,(H,33,34,35). The van der Waals surface area contributed by atoms with Crippen molar-refractivity contribution in [2.75, 3.05) is 50.6 Å². The van der Waals surface area contributed by atoms with Crippen molar-refractivity contribution < 1.29 is 32.5 Å². The molecule has 2 fully saturated rings. The predicted octanol–water partition coefficient (Wildman–Crippen LogP) is 5.46. The summed E-state index contributed by atoms with van der Waals surface area (Å²) in [5.74, 6) is -0.288. The lowest BCUT2D eigenvalue weighted by Crippen LogP contribution is -2.73. The van der Waals surface area contributed by atoms with Gasteiger partial charge in [-0.3, -0.25) is 0 Å². The van der Waals surface area contributed by atoms with Crippen molar-refractivity contribution in [2.24, 2.45) is 5.41 Å². The SMILES string of the molecule is COc1cc(Nc2ncc(OCc3c(F)c(C)cc(OC)c3F)cn2)ccc1N1CC2(CN(C(=O)OC(C)(C)C)C2)C1. The Kier molecular flexibility index (Phi) is 7.74. The van der Waals surface area contributed by atoms with E-state index < -0.39 is 17.2 Å². The Morgan fingerprint density at radius 2 is 1.67 bits per heavy atom. The zero-order valence-electron chi connectivity index (χ0n) is 24.6. The molecule has 0 aliphatic carbocycles. The van der Waals surface area contributed by atoms with E-state index in [0.717, 1.165) is 24.5 Å². The summed E-state index contributed by atoms with van der Waals surface area (Å²) in [5.41, 5.74) is 1.28. The van der Waals surface area contributed by atoms with Crippen LogP contribution in [0.1, 0.15) is 31.9 Å². The smallest absolute Gasteiger partial charge is 0.410 e. The summed E-state index contributed by atoms with van der Waals surface area (Å²) in [6.45, 7) is 9.79. The number of carbonyl (C=O) groups excluding carboxylic acids is 1. The molecule has 2 aliphatic rings. The summed E-state index contributed by atoms with van der Waals surface area (Å²) in [6, 6.07) is 7.03. The first-order valence-corrected chi connectivity index (χ1v) is 13.5. The molecule has 1 spiro atoms. The van der Waals surface area contributed by atoms with Crippen molar-refractivity contribution in [2.45, 2.75) is 39.9 Å². The first-order valence-electron chi connectivity index (χ1n) is 13.5. The average molecular weight is 584 g/mol. The van der Waals surface area contributed by atoms with Gasteiger partial charge in [-0.25, -0.2) is 23.5 Å². The highest BCUT2D eigenvalue weighted by Gasteiger charge is 2.54. The molecular weight excluding hydrogens is 548 g/mol. The number of amides is 1. The predicted molar refractivity (Wildman–Crippen MR) is 153 cm³/mol. The van der Waals surface area contributed by atoms with Crippen molar-refractivity contribution in [3.05, 3.63) is 59.4 Å². The Labute approximate surface area is 243 Å². The van der Waals surface area contributed by atoms with E-state index in [1.54, 1.807) is 12.0 Å². The van der Waals surface area contributed by atoms with Crippen LogP contribution in [0.25, 0.3) is 0 Å². The van der Waals surface area contributed by atoms with Crippen LogP contribution < -0.4 is 24.4 Å². The third-order valence-corrected chi connectivity index (χ3v) is 7.20. The molecule has 5 rings (SSSR count). The molecule has 2 saturated heterocycles. The molecule has 2 aliphatic heterocycles. The second-order valence-corrected chi connectivity index (χ2v) is 11.7. The van der Waals surface area contributed by atoms with Gasteiger partial charge in [-0.05, 0) is 51.5 Å². The lowest BCUT2D eigenvalue weighted by atomic mass is 9.73. The number of likely N-dealkylation sites (tertiary alicyclic amines) is 1. The molecule has 224 valence electrons. The van der Waals surface area contributed by atoms with Crippen LogP contribution in [-0.4, -0.2) is 67.0 Å². The summed E-state index contributed by atoms with van der Waals surface area (Å²) < 4.78 is 50.6. The van der Waals surface area contributed by atoms with Gasteiger partial charge in [0.1, 0.15) is 23.8 Å². The molecule has 0 unspecified atom stereocenters. The number of aromatic nitrogens is 2. The lowest BCUT2D eigenvalue weighted by molar-refractivity contribution is -0.0453. The number of rotatable bonds is 8. The summed E-state index contributed by atoms with van der Waals surface area (Å²) in [6.07, 6.45) is 2.57. The van der Waals surface area contributed by atoms with E-state index in [0.29, 0.717) is 24.8 Å². The van der Waals surface area contributed by atoms with Crippen molar-refractivity contribution in [3.63, 3.8) is 0 Å². The quantitative estimate of drug-likeness (QED) is 0.371. The third-order valence-electron chi connectivity index (χ3n) is 7.20. The van der Waals surface area contributed by atoms with E-state index in [4.69, 9.17) is 18.9 Å². The average Bonchev–Trinajstić information content (AvgIpc) is 2.89.